The van der Waals surface area contributed by atoms with Crippen LogP contribution in [0.25, 0.3) is 0 Å². The molecule has 0 saturated carbocycles. The molecule has 0 radical (unpaired) electrons. The van der Waals surface area contributed by atoms with Gasteiger partial charge in [0, 0.05) is 42.1 Å². The van der Waals surface area contributed by atoms with E-state index in [4.69, 9.17) is 14.5 Å². The second-order valence-corrected chi connectivity index (χ2v) is 7.27. The Morgan fingerprint density at radius 3 is 2.62 bits per heavy atom. The van der Waals surface area contributed by atoms with Gasteiger partial charge >= 0.3 is 0 Å². The van der Waals surface area contributed by atoms with E-state index in [0.717, 1.165) is 34.1 Å². The van der Waals surface area contributed by atoms with Crippen LogP contribution >= 0.6 is 11.3 Å². The van der Waals surface area contributed by atoms with Gasteiger partial charge in [-0.15, -0.1) is 11.3 Å². The Morgan fingerprint density at radius 1 is 1.29 bits per heavy atom. The number of hydrogen-bond donors (Lipinski definition) is 1. The fraction of sp³-hybridized carbons (Fsp3) is 0.500. The third kappa shape index (κ3) is 3.27. The molecule has 5 nitrogen and oxygen atoms in total. The van der Waals surface area contributed by atoms with Gasteiger partial charge in [-0.05, 0) is 12.1 Å². The van der Waals surface area contributed by atoms with Crippen LogP contribution in [0.2, 0.25) is 0 Å². The minimum absolute atomic E-state index is 0.445. The summed E-state index contributed by atoms with van der Waals surface area (Å²) in [4.78, 5) is 6.90. The number of aliphatic hydroxyl groups excluding tert-OH is 1. The van der Waals surface area contributed by atoms with E-state index >= 15 is 0 Å². The van der Waals surface area contributed by atoms with Crippen LogP contribution in [0.5, 0.6) is 11.5 Å². The summed E-state index contributed by atoms with van der Waals surface area (Å²) in [5.41, 5.74) is 2.89. The standard InChI is InChI=1S/C18H24N2O3S/c1-11(2)18-19-12(10-24-18)7-20-8-13-15(22-3)5-6-16(23-4)17(13)14(21)9-20/h5-6,10-11,14,21H,7-9H2,1-4H3. The second-order valence-electron chi connectivity index (χ2n) is 6.38. The molecule has 1 aliphatic rings. The highest BCUT2D eigenvalue weighted by Gasteiger charge is 2.29. The zero-order chi connectivity index (χ0) is 17.3. The summed E-state index contributed by atoms with van der Waals surface area (Å²) in [6.07, 6.45) is -0.595. The third-order valence-corrected chi connectivity index (χ3v) is 5.50. The van der Waals surface area contributed by atoms with Gasteiger partial charge in [0.2, 0.25) is 0 Å². The molecule has 1 aromatic carbocycles. The lowest BCUT2D eigenvalue weighted by atomic mass is 9.95. The number of methoxy groups -OCH3 is 2. The fourth-order valence-electron chi connectivity index (χ4n) is 3.15. The van der Waals surface area contributed by atoms with Gasteiger partial charge in [-0.25, -0.2) is 4.98 Å². The van der Waals surface area contributed by atoms with Crippen molar-refractivity contribution < 1.29 is 14.6 Å². The summed E-state index contributed by atoms with van der Waals surface area (Å²) in [6.45, 7) is 6.30. The number of aromatic nitrogens is 1. The number of ether oxygens (including phenoxy) is 2. The zero-order valence-electron chi connectivity index (χ0n) is 14.6. The quantitative estimate of drug-likeness (QED) is 0.898. The van der Waals surface area contributed by atoms with Gasteiger partial charge in [0.15, 0.2) is 0 Å². The van der Waals surface area contributed by atoms with Crippen LogP contribution in [-0.4, -0.2) is 35.8 Å². The number of β-amino-alcohol motifs (C(OH)–C–C–N with tert-alkyl or cyclic N) is 1. The normalized spacial score (nSPS) is 17.8. The van der Waals surface area contributed by atoms with Crippen LogP contribution in [0.1, 0.15) is 47.7 Å². The molecule has 0 amide bonds. The highest BCUT2D eigenvalue weighted by molar-refractivity contribution is 7.09. The van der Waals surface area contributed by atoms with Crippen LogP contribution in [0.3, 0.4) is 0 Å². The topological polar surface area (TPSA) is 54.8 Å². The average Bonchev–Trinajstić information content (AvgIpc) is 3.02. The molecule has 0 spiro atoms. The van der Waals surface area contributed by atoms with E-state index in [-0.39, 0.29) is 0 Å². The highest BCUT2D eigenvalue weighted by Crippen LogP contribution is 2.39. The lowest BCUT2D eigenvalue weighted by Gasteiger charge is -2.33. The van der Waals surface area contributed by atoms with Crippen molar-refractivity contribution in [1.82, 2.24) is 9.88 Å². The van der Waals surface area contributed by atoms with Crippen molar-refractivity contribution in [3.63, 3.8) is 0 Å². The van der Waals surface area contributed by atoms with E-state index in [1.54, 1.807) is 25.6 Å². The van der Waals surface area contributed by atoms with Crippen molar-refractivity contribution in [2.45, 2.75) is 39.0 Å². The van der Waals surface area contributed by atoms with Crippen LogP contribution in [-0.2, 0) is 13.1 Å². The van der Waals surface area contributed by atoms with Gasteiger partial charge in [0.05, 0.1) is 31.0 Å². The van der Waals surface area contributed by atoms with Crippen molar-refractivity contribution in [3.8, 4) is 11.5 Å². The van der Waals surface area contributed by atoms with E-state index in [1.165, 1.54) is 0 Å². The first kappa shape index (κ1) is 17.2. The number of thiazole rings is 1. The van der Waals surface area contributed by atoms with Crippen molar-refractivity contribution in [1.29, 1.82) is 0 Å². The molecule has 2 heterocycles. The first-order valence-electron chi connectivity index (χ1n) is 8.12. The minimum Gasteiger partial charge on any atom is -0.496 e. The molecule has 130 valence electrons. The Balaban J connectivity index is 1.85. The van der Waals surface area contributed by atoms with Crippen LogP contribution < -0.4 is 9.47 Å². The van der Waals surface area contributed by atoms with Crippen LogP contribution in [0.4, 0.5) is 0 Å². The first-order chi connectivity index (χ1) is 11.5. The Kier molecular flexibility index (Phi) is 5.08. The molecule has 0 bridgehead atoms. The molecule has 1 aromatic heterocycles. The maximum Gasteiger partial charge on any atom is 0.125 e. The molecule has 0 aliphatic carbocycles. The average molecular weight is 348 g/mol. The Labute approximate surface area is 146 Å². The van der Waals surface area contributed by atoms with Crippen LogP contribution in [0, 0.1) is 0 Å². The maximum absolute atomic E-state index is 10.6. The lowest BCUT2D eigenvalue weighted by Crippen LogP contribution is -2.33. The smallest absolute Gasteiger partial charge is 0.125 e. The molecule has 6 heteroatoms. The largest absolute Gasteiger partial charge is 0.496 e. The molecule has 2 aromatic rings. The predicted molar refractivity (Wildman–Crippen MR) is 94.8 cm³/mol. The molecule has 1 aliphatic heterocycles. The Hall–Kier alpha value is -1.63. The van der Waals surface area contributed by atoms with Gasteiger partial charge in [0.25, 0.3) is 0 Å². The van der Waals surface area contributed by atoms with Gasteiger partial charge in [-0.3, -0.25) is 4.90 Å². The van der Waals surface area contributed by atoms with Crippen molar-refractivity contribution in [2.75, 3.05) is 20.8 Å². The summed E-state index contributed by atoms with van der Waals surface area (Å²) in [6, 6.07) is 3.75. The third-order valence-electron chi connectivity index (χ3n) is 4.31. The van der Waals surface area contributed by atoms with E-state index in [9.17, 15) is 5.11 Å². The number of hydrogen-bond acceptors (Lipinski definition) is 6. The van der Waals surface area contributed by atoms with Crippen molar-refractivity contribution >= 4 is 11.3 Å². The molecule has 3 rings (SSSR count). The molecular weight excluding hydrogens is 324 g/mol. The minimum atomic E-state index is -0.595. The van der Waals surface area contributed by atoms with Gasteiger partial charge < -0.3 is 14.6 Å². The monoisotopic (exact) mass is 348 g/mol. The molecule has 0 fully saturated rings. The van der Waals surface area contributed by atoms with E-state index in [1.807, 2.05) is 12.1 Å². The molecule has 0 saturated heterocycles. The lowest BCUT2D eigenvalue weighted by molar-refractivity contribution is 0.0837. The zero-order valence-corrected chi connectivity index (χ0v) is 15.4. The van der Waals surface area contributed by atoms with E-state index in [2.05, 4.69) is 24.1 Å². The van der Waals surface area contributed by atoms with Gasteiger partial charge in [-0.2, -0.15) is 0 Å². The number of rotatable bonds is 5. The SMILES string of the molecule is COc1ccc(OC)c2c1CN(Cc1csc(C(C)C)n1)CC2O. The number of aliphatic hydroxyl groups is 1. The number of fused-ring (bicyclic) bond motifs is 1. The number of benzene rings is 1. The highest BCUT2D eigenvalue weighted by atomic mass is 32.1. The molecule has 1 unspecified atom stereocenters. The summed E-state index contributed by atoms with van der Waals surface area (Å²) in [5, 5.41) is 13.9. The number of nitrogens with zero attached hydrogens (tertiary/aromatic N) is 2. The van der Waals surface area contributed by atoms with Gasteiger partial charge in [-0.1, -0.05) is 13.8 Å². The van der Waals surface area contributed by atoms with Crippen molar-refractivity contribution in [3.05, 3.63) is 39.3 Å². The van der Waals surface area contributed by atoms with Crippen LogP contribution in [0.15, 0.2) is 17.5 Å². The second kappa shape index (κ2) is 7.09. The van der Waals surface area contributed by atoms with E-state index in [0.29, 0.717) is 24.8 Å². The maximum atomic E-state index is 10.6. The summed E-state index contributed by atoms with van der Waals surface area (Å²) >= 11 is 1.70. The first-order valence-corrected chi connectivity index (χ1v) is 9.00. The summed E-state index contributed by atoms with van der Waals surface area (Å²) in [5.74, 6) is 1.95. The molecular formula is C18H24N2O3S. The van der Waals surface area contributed by atoms with E-state index < -0.39 is 6.10 Å². The Bertz CT molecular complexity index is 714. The fourth-order valence-corrected chi connectivity index (χ4v) is 3.98. The molecule has 1 atom stereocenters. The summed E-state index contributed by atoms with van der Waals surface area (Å²) < 4.78 is 10.9. The van der Waals surface area contributed by atoms with Crippen molar-refractivity contribution in [2.24, 2.45) is 0 Å². The molecule has 1 N–H and O–H groups in total. The summed E-state index contributed by atoms with van der Waals surface area (Å²) in [7, 11) is 3.28. The Morgan fingerprint density at radius 2 is 2.00 bits per heavy atom. The predicted octanol–water partition coefficient (Wildman–Crippen LogP) is 3.33. The van der Waals surface area contributed by atoms with Gasteiger partial charge in [0.1, 0.15) is 11.5 Å². The molecule has 24 heavy (non-hydrogen) atoms.